The van der Waals surface area contributed by atoms with Gasteiger partial charge in [0.1, 0.15) is 0 Å². The fraction of sp³-hybridized carbons (Fsp3) is 0.400. The van der Waals surface area contributed by atoms with Crippen LogP contribution in [0.15, 0.2) is 46.2 Å². The van der Waals surface area contributed by atoms with E-state index in [9.17, 15) is 13.2 Å². The van der Waals surface area contributed by atoms with Crippen molar-refractivity contribution in [2.24, 2.45) is 0 Å². The summed E-state index contributed by atoms with van der Waals surface area (Å²) in [6.45, 7) is 5.02. The summed E-state index contributed by atoms with van der Waals surface area (Å²) in [7, 11) is 0. The first-order chi connectivity index (χ1) is 12.9. The molecule has 4 rings (SSSR count). The second kappa shape index (κ2) is 7.28. The molecular weight excluding hydrogens is 371 g/mol. The van der Waals surface area contributed by atoms with Crippen LogP contribution in [0.2, 0.25) is 0 Å². The Hall–Kier alpha value is -1.86. The van der Waals surface area contributed by atoms with Crippen molar-refractivity contribution in [1.29, 1.82) is 0 Å². The van der Waals surface area contributed by atoms with Crippen LogP contribution in [0.3, 0.4) is 0 Å². The highest BCUT2D eigenvalue weighted by atomic mass is 32.2. The van der Waals surface area contributed by atoms with Gasteiger partial charge < -0.3 is 15.5 Å². The van der Waals surface area contributed by atoms with E-state index in [1.165, 1.54) is 23.9 Å². The van der Waals surface area contributed by atoms with E-state index in [2.05, 4.69) is 22.5 Å². The molecule has 7 heteroatoms. The highest BCUT2D eigenvalue weighted by Gasteiger charge is 2.34. The van der Waals surface area contributed by atoms with E-state index in [-0.39, 0.29) is 6.04 Å². The van der Waals surface area contributed by atoms with Crippen LogP contribution in [0.5, 0.6) is 0 Å². The third kappa shape index (κ3) is 3.89. The Morgan fingerprint density at radius 1 is 1.22 bits per heavy atom. The Balaban J connectivity index is 1.66. The summed E-state index contributed by atoms with van der Waals surface area (Å²) in [6, 6.07) is 10.3. The molecule has 2 N–H and O–H groups in total. The lowest BCUT2D eigenvalue weighted by Gasteiger charge is -2.27. The Morgan fingerprint density at radius 2 is 2.04 bits per heavy atom. The van der Waals surface area contributed by atoms with Crippen LogP contribution in [0.25, 0.3) is 0 Å². The molecule has 1 fully saturated rings. The SMILES string of the molecule is CCCN1CCC(Nc2cc(C(F)(F)F)cc3c2Nc2ccccc2S3)C1. The van der Waals surface area contributed by atoms with Crippen molar-refractivity contribution in [3.8, 4) is 0 Å². The van der Waals surface area contributed by atoms with Crippen molar-refractivity contribution in [2.75, 3.05) is 30.3 Å². The number of hydrogen-bond donors (Lipinski definition) is 2. The van der Waals surface area contributed by atoms with Gasteiger partial charge >= 0.3 is 6.18 Å². The average molecular weight is 393 g/mol. The van der Waals surface area contributed by atoms with Crippen LogP contribution in [0.4, 0.5) is 30.2 Å². The molecule has 144 valence electrons. The van der Waals surface area contributed by atoms with E-state index in [4.69, 9.17) is 0 Å². The van der Waals surface area contributed by atoms with E-state index >= 15 is 0 Å². The maximum atomic E-state index is 13.4. The van der Waals surface area contributed by atoms with Crippen LogP contribution in [-0.4, -0.2) is 30.6 Å². The Labute approximate surface area is 161 Å². The fourth-order valence-electron chi connectivity index (χ4n) is 3.70. The standard InChI is InChI=1S/C20H22F3N3S/c1-2-8-26-9-7-14(12-26)24-16-10-13(20(21,22)23)11-18-19(16)25-15-5-3-4-6-17(15)27-18/h3-6,10-11,14,24-25H,2,7-9,12H2,1H3. The molecule has 2 aromatic carbocycles. The second-order valence-corrected chi connectivity index (χ2v) is 8.13. The highest BCUT2D eigenvalue weighted by molar-refractivity contribution is 7.99. The van der Waals surface area contributed by atoms with Crippen molar-refractivity contribution in [3.63, 3.8) is 0 Å². The lowest BCUT2D eigenvalue weighted by molar-refractivity contribution is -0.137. The molecule has 1 saturated heterocycles. The number of rotatable bonds is 4. The first-order valence-corrected chi connectivity index (χ1v) is 10.0. The molecule has 0 aliphatic carbocycles. The molecule has 0 aromatic heterocycles. The van der Waals surface area contributed by atoms with Gasteiger partial charge in [0.15, 0.2) is 0 Å². The molecule has 0 amide bonds. The third-order valence-corrected chi connectivity index (χ3v) is 6.09. The topological polar surface area (TPSA) is 27.3 Å². The minimum atomic E-state index is -4.37. The van der Waals surface area contributed by atoms with Gasteiger partial charge in [-0.1, -0.05) is 30.8 Å². The quantitative estimate of drug-likeness (QED) is 0.585. The largest absolute Gasteiger partial charge is 0.416 e. The molecule has 2 aliphatic heterocycles. The Morgan fingerprint density at radius 3 is 2.81 bits per heavy atom. The van der Waals surface area contributed by atoms with Gasteiger partial charge in [0.25, 0.3) is 0 Å². The van der Waals surface area contributed by atoms with Crippen LogP contribution in [0, 0.1) is 0 Å². The van der Waals surface area contributed by atoms with Crippen molar-refractivity contribution in [3.05, 3.63) is 42.0 Å². The van der Waals surface area contributed by atoms with Crippen molar-refractivity contribution >= 4 is 28.8 Å². The summed E-state index contributed by atoms with van der Waals surface area (Å²) in [6.07, 6.45) is -2.34. The molecule has 2 aliphatic rings. The van der Waals surface area contributed by atoms with Gasteiger partial charge in [-0.2, -0.15) is 13.2 Å². The Kier molecular flexibility index (Phi) is 4.99. The van der Waals surface area contributed by atoms with Crippen molar-refractivity contribution in [2.45, 2.75) is 41.8 Å². The maximum absolute atomic E-state index is 13.4. The van der Waals surface area contributed by atoms with Gasteiger partial charge in [0.05, 0.1) is 22.6 Å². The number of likely N-dealkylation sites (tertiary alicyclic amines) is 1. The number of nitrogens with one attached hydrogen (secondary N) is 2. The summed E-state index contributed by atoms with van der Waals surface area (Å²) in [5.41, 5.74) is 1.59. The molecule has 3 nitrogen and oxygen atoms in total. The number of benzene rings is 2. The summed E-state index contributed by atoms with van der Waals surface area (Å²) in [4.78, 5) is 3.90. The molecule has 0 radical (unpaired) electrons. The molecule has 0 spiro atoms. The Bertz CT molecular complexity index is 838. The summed E-state index contributed by atoms with van der Waals surface area (Å²) < 4.78 is 40.3. The highest BCUT2D eigenvalue weighted by Crippen LogP contribution is 2.49. The minimum Gasteiger partial charge on any atom is -0.379 e. The van der Waals surface area contributed by atoms with E-state index in [0.717, 1.165) is 48.7 Å². The summed E-state index contributed by atoms with van der Waals surface area (Å²) in [5, 5.41) is 6.72. The number of halogens is 3. The summed E-state index contributed by atoms with van der Waals surface area (Å²) in [5.74, 6) is 0. The van der Waals surface area contributed by atoms with E-state index < -0.39 is 11.7 Å². The summed E-state index contributed by atoms with van der Waals surface area (Å²) >= 11 is 1.38. The lowest BCUT2D eigenvalue weighted by Crippen LogP contribution is -2.27. The van der Waals surface area contributed by atoms with Gasteiger partial charge in [0, 0.05) is 28.9 Å². The zero-order valence-corrected chi connectivity index (χ0v) is 15.9. The van der Waals surface area contributed by atoms with Crippen LogP contribution in [-0.2, 0) is 6.18 Å². The van der Waals surface area contributed by atoms with Crippen LogP contribution >= 0.6 is 11.8 Å². The average Bonchev–Trinajstić information content (AvgIpc) is 3.06. The number of nitrogens with zero attached hydrogens (tertiary/aromatic N) is 1. The second-order valence-electron chi connectivity index (χ2n) is 7.05. The number of para-hydroxylation sites is 1. The minimum absolute atomic E-state index is 0.160. The van der Waals surface area contributed by atoms with Crippen molar-refractivity contribution < 1.29 is 13.2 Å². The molecule has 2 heterocycles. The van der Waals surface area contributed by atoms with Gasteiger partial charge in [0.2, 0.25) is 0 Å². The maximum Gasteiger partial charge on any atom is 0.416 e. The molecular formula is C20H22F3N3S. The number of fused-ring (bicyclic) bond motifs is 2. The zero-order valence-electron chi connectivity index (χ0n) is 15.1. The predicted octanol–water partition coefficient (Wildman–Crippen LogP) is 5.81. The number of anilines is 3. The molecule has 1 atom stereocenters. The molecule has 0 bridgehead atoms. The van der Waals surface area contributed by atoms with E-state index in [0.29, 0.717) is 10.6 Å². The molecule has 0 saturated carbocycles. The van der Waals surface area contributed by atoms with E-state index in [1.54, 1.807) is 0 Å². The molecule has 2 aromatic rings. The number of alkyl halides is 3. The van der Waals surface area contributed by atoms with Gasteiger partial charge in [-0.3, -0.25) is 0 Å². The molecule has 27 heavy (non-hydrogen) atoms. The van der Waals surface area contributed by atoms with Crippen LogP contribution < -0.4 is 10.6 Å². The van der Waals surface area contributed by atoms with Gasteiger partial charge in [-0.05, 0) is 43.7 Å². The van der Waals surface area contributed by atoms with Gasteiger partial charge in [-0.25, -0.2) is 0 Å². The first kappa shape index (κ1) is 18.5. The smallest absolute Gasteiger partial charge is 0.379 e. The van der Waals surface area contributed by atoms with E-state index in [1.807, 2.05) is 24.3 Å². The monoisotopic (exact) mass is 393 g/mol. The zero-order chi connectivity index (χ0) is 19.0. The van der Waals surface area contributed by atoms with Crippen molar-refractivity contribution in [1.82, 2.24) is 4.90 Å². The normalized spacial score (nSPS) is 19.3. The lowest BCUT2D eigenvalue weighted by atomic mass is 10.1. The van der Waals surface area contributed by atoms with Crippen LogP contribution in [0.1, 0.15) is 25.3 Å². The number of hydrogen-bond acceptors (Lipinski definition) is 4. The predicted molar refractivity (Wildman–Crippen MR) is 104 cm³/mol. The van der Waals surface area contributed by atoms with Gasteiger partial charge in [-0.15, -0.1) is 0 Å². The fourth-order valence-corrected chi connectivity index (χ4v) is 4.77. The molecule has 1 unspecified atom stereocenters. The first-order valence-electron chi connectivity index (χ1n) is 9.22. The third-order valence-electron chi connectivity index (χ3n) is 4.97.